The van der Waals surface area contributed by atoms with Gasteiger partial charge in [-0.1, -0.05) is 6.58 Å². The number of hydrogen-bond acceptors (Lipinski definition) is 2. The Balaban J connectivity index is 2.29. The van der Waals surface area contributed by atoms with Gasteiger partial charge in [-0.3, -0.25) is 4.79 Å². The van der Waals surface area contributed by atoms with Crippen molar-refractivity contribution in [2.24, 2.45) is 5.92 Å². The second-order valence-corrected chi connectivity index (χ2v) is 3.14. The van der Waals surface area contributed by atoms with E-state index in [9.17, 15) is 4.79 Å². The van der Waals surface area contributed by atoms with Crippen molar-refractivity contribution in [2.75, 3.05) is 13.2 Å². The number of carbonyl (C=O) groups excluding carboxylic acids is 1. The minimum atomic E-state index is 0.181. The third-order valence-electron chi connectivity index (χ3n) is 1.97. The van der Waals surface area contributed by atoms with Gasteiger partial charge in [-0.05, 0) is 24.8 Å². The normalized spacial score (nSPS) is 23.5. The number of carbonyl (C=O) groups is 1. The lowest BCUT2D eigenvalue weighted by Crippen LogP contribution is -2.08. The van der Waals surface area contributed by atoms with Crippen LogP contribution < -0.4 is 0 Å². The van der Waals surface area contributed by atoms with Crippen molar-refractivity contribution in [1.82, 2.24) is 0 Å². The lowest BCUT2D eigenvalue weighted by molar-refractivity contribution is -0.116. The Labute approximate surface area is 67.2 Å². The van der Waals surface area contributed by atoms with E-state index < -0.39 is 0 Å². The first kappa shape index (κ1) is 8.47. The van der Waals surface area contributed by atoms with Crippen molar-refractivity contribution in [1.29, 1.82) is 0 Å². The molecule has 0 aliphatic carbocycles. The van der Waals surface area contributed by atoms with Crippen molar-refractivity contribution < 1.29 is 9.53 Å². The highest BCUT2D eigenvalue weighted by atomic mass is 16.5. The maximum atomic E-state index is 11.1. The van der Waals surface area contributed by atoms with Crippen LogP contribution >= 0.6 is 0 Å². The summed E-state index contributed by atoms with van der Waals surface area (Å²) in [7, 11) is 0. The fourth-order valence-electron chi connectivity index (χ4n) is 1.18. The number of ketones is 1. The Morgan fingerprint density at radius 2 is 2.45 bits per heavy atom. The number of allylic oxidation sites excluding steroid dienone is 1. The summed E-state index contributed by atoms with van der Waals surface area (Å²) in [6, 6.07) is 0. The van der Waals surface area contributed by atoms with E-state index in [2.05, 4.69) is 6.58 Å². The molecule has 1 saturated heterocycles. The first-order valence-electron chi connectivity index (χ1n) is 3.96. The predicted molar refractivity (Wildman–Crippen MR) is 43.4 cm³/mol. The Bertz CT molecular complexity index is 166. The molecule has 1 aliphatic rings. The molecule has 1 rings (SSSR count). The average molecular weight is 154 g/mol. The highest BCUT2D eigenvalue weighted by Gasteiger charge is 2.18. The quantitative estimate of drug-likeness (QED) is 0.576. The summed E-state index contributed by atoms with van der Waals surface area (Å²) < 4.78 is 5.16. The zero-order valence-corrected chi connectivity index (χ0v) is 6.93. The molecule has 62 valence electrons. The first-order chi connectivity index (χ1) is 5.20. The highest BCUT2D eigenvalue weighted by molar-refractivity contribution is 5.94. The van der Waals surface area contributed by atoms with E-state index in [1.165, 1.54) is 0 Å². The van der Waals surface area contributed by atoms with Crippen molar-refractivity contribution in [3.05, 3.63) is 12.2 Å². The molecule has 0 amide bonds. The van der Waals surface area contributed by atoms with Gasteiger partial charge < -0.3 is 4.74 Å². The van der Waals surface area contributed by atoms with Crippen LogP contribution in [0, 0.1) is 5.92 Å². The molecule has 0 bridgehead atoms. The summed E-state index contributed by atoms with van der Waals surface area (Å²) in [6.45, 7) is 6.93. The van der Waals surface area contributed by atoms with E-state index in [-0.39, 0.29) is 5.78 Å². The molecule has 0 aromatic rings. The van der Waals surface area contributed by atoms with Crippen LogP contribution in [0.15, 0.2) is 12.2 Å². The van der Waals surface area contributed by atoms with Crippen LogP contribution in [0.1, 0.15) is 19.8 Å². The van der Waals surface area contributed by atoms with Crippen LogP contribution in [0.3, 0.4) is 0 Å². The summed E-state index contributed by atoms with van der Waals surface area (Å²) >= 11 is 0. The van der Waals surface area contributed by atoms with Gasteiger partial charge in [0.05, 0.1) is 0 Å². The minimum Gasteiger partial charge on any atom is -0.381 e. The molecule has 1 atom stereocenters. The van der Waals surface area contributed by atoms with Gasteiger partial charge >= 0.3 is 0 Å². The van der Waals surface area contributed by atoms with Crippen LogP contribution in [0.5, 0.6) is 0 Å². The van der Waals surface area contributed by atoms with Crippen molar-refractivity contribution in [3.63, 3.8) is 0 Å². The maximum Gasteiger partial charge on any atom is 0.158 e. The molecule has 1 fully saturated rings. The van der Waals surface area contributed by atoms with Crippen molar-refractivity contribution in [3.8, 4) is 0 Å². The lowest BCUT2D eigenvalue weighted by atomic mass is 9.99. The first-order valence-corrected chi connectivity index (χ1v) is 3.96. The van der Waals surface area contributed by atoms with Crippen molar-refractivity contribution >= 4 is 5.78 Å². The van der Waals surface area contributed by atoms with Gasteiger partial charge in [0.2, 0.25) is 0 Å². The standard InChI is InChI=1S/C9H14O2/c1-7(2)9(10)5-8-3-4-11-6-8/h8H,1,3-6H2,2H3. The van der Waals surface area contributed by atoms with Crippen LogP contribution in [-0.2, 0) is 9.53 Å². The van der Waals surface area contributed by atoms with Crippen LogP contribution in [-0.4, -0.2) is 19.0 Å². The molecule has 1 heterocycles. The fourth-order valence-corrected chi connectivity index (χ4v) is 1.18. The number of rotatable bonds is 3. The summed E-state index contributed by atoms with van der Waals surface area (Å²) in [5.74, 6) is 0.625. The molecule has 2 heteroatoms. The molecule has 0 N–H and O–H groups in total. The molecule has 0 aromatic heterocycles. The van der Waals surface area contributed by atoms with Crippen molar-refractivity contribution in [2.45, 2.75) is 19.8 Å². The predicted octanol–water partition coefficient (Wildman–Crippen LogP) is 1.56. The number of Topliss-reactive ketones (excluding diaryl/α,β-unsaturated/α-hetero) is 1. The van der Waals surface area contributed by atoms with E-state index in [0.29, 0.717) is 17.9 Å². The Kier molecular flexibility index (Phi) is 2.83. The van der Waals surface area contributed by atoms with E-state index in [1.54, 1.807) is 6.92 Å². The van der Waals surface area contributed by atoms with Crippen LogP contribution in [0.25, 0.3) is 0 Å². The molecular weight excluding hydrogens is 140 g/mol. The zero-order chi connectivity index (χ0) is 8.27. The average Bonchev–Trinajstić information content (AvgIpc) is 2.39. The smallest absolute Gasteiger partial charge is 0.158 e. The minimum absolute atomic E-state index is 0.181. The Morgan fingerprint density at radius 1 is 1.73 bits per heavy atom. The molecule has 0 saturated carbocycles. The Hall–Kier alpha value is -0.630. The van der Waals surface area contributed by atoms with E-state index in [1.807, 2.05) is 0 Å². The summed E-state index contributed by atoms with van der Waals surface area (Å²) in [5, 5.41) is 0. The topological polar surface area (TPSA) is 26.3 Å². The second-order valence-electron chi connectivity index (χ2n) is 3.14. The Morgan fingerprint density at radius 3 is 2.91 bits per heavy atom. The van der Waals surface area contributed by atoms with Gasteiger partial charge in [0.1, 0.15) is 0 Å². The molecule has 0 aromatic carbocycles. The lowest BCUT2D eigenvalue weighted by Gasteiger charge is -2.04. The third-order valence-corrected chi connectivity index (χ3v) is 1.97. The van der Waals surface area contributed by atoms with Crippen LogP contribution in [0.4, 0.5) is 0 Å². The summed E-state index contributed by atoms with van der Waals surface area (Å²) in [6.07, 6.45) is 1.65. The molecular formula is C9H14O2. The molecule has 0 radical (unpaired) electrons. The zero-order valence-electron chi connectivity index (χ0n) is 6.93. The molecule has 2 nitrogen and oxygen atoms in total. The third kappa shape index (κ3) is 2.46. The van der Waals surface area contributed by atoms with Gasteiger partial charge in [-0.15, -0.1) is 0 Å². The number of hydrogen-bond donors (Lipinski definition) is 0. The van der Waals surface area contributed by atoms with Gasteiger partial charge in [-0.2, -0.15) is 0 Å². The van der Waals surface area contributed by atoms with Gasteiger partial charge in [0.15, 0.2) is 5.78 Å². The largest absolute Gasteiger partial charge is 0.381 e. The van der Waals surface area contributed by atoms with E-state index in [4.69, 9.17) is 4.74 Å². The van der Waals surface area contributed by atoms with Gasteiger partial charge in [0.25, 0.3) is 0 Å². The van der Waals surface area contributed by atoms with E-state index in [0.717, 1.165) is 19.6 Å². The molecule has 1 aliphatic heterocycles. The van der Waals surface area contributed by atoms with Gasteiger partial charge in [-0.25, -0.2) is 0 Å². The number of ether oxygens (including phenoxy) is 1. The fraction of sp³-hybridized carbons (Fsp3) is 0.667. The molecule has 11 heavy (non-hydrogen) atoms. The molecule has 0 spiro atoms. The maximum absolute atomic E-state index is 11.1. The molecule has 1 unspecified atom stereocenters. The van der Waals surface area contributed by atoms with E-state index >= 15 is 0 Å². The highest BCUT2D eigenvalue weighted by Crippen LogP contribution is 2.17. The van der Waals surface area contributed by atoms with Gasteiger partial charge in [0, 0.05) is 19.6 Å². The summed E-state index contributed by atoms with van der Waals surface area (Å²) in [4.78, 5) is 11.1. The SMILES string of the molecule is C=C(C)C(=O)CC1CCOC1. The summed E-state index contributed by atoms with van der Waals surface area (Å²) in [5.41, 5.74) is 0.664. The van der Waals surface area contributed by atoms with Crippen LogP contribution in [0.2, 0.25) is 0 Å². The second kappa shape index (κ2) is 3.67. The monoisotopic (exact) mass is 154 g/mol.